The van der Waals surface area contributed by atoms with E-state index in [4.69, 9.17) is 38.0 Å². The van der Waals surface area contributed by atoms with Gasteiger partial charge >= 0.3 is 7.12 Å². The van der Waals surface area contributed by atoms with Gasteiger partial charge in [0.05, 0.1) is 5.02 Å². The Morgan fingerprint density at radius 2 is 1.88 bits per heavy atom. The predicted molar refractivity (Wildman–Crippen MR) is 70.3 cm³/mol. The highest BCUT2D eigenvalue weighted by Gasteiger charge is 2.18. The molecule has 1 aromatic carbocycles. The Morgan fingerprint density at radius 3 is 2.41 bits per heavy atom. The molecule has 0 bridgehead atoms. The second-order valence-corrected chi connectivity index (χ2v) is 4.64. The summed E-state index contributed by atoms with van der Waals surface area (Å²) in [4.78, 5) is 1.96. The summed E-state index contributed by atoms with van der Waals surface area (Å²) in [6, 6.07) is 2.87. The molecule has 1 aromatic rings. The first-order valence-corrected chi connectivity index (χ1v) is 5.80. The van der Waals surface area contributed by atoms with Gasteiger partial charge in [0.1, 0.15) is 12.4 Å². The lowest BCUT2D eigenvalue weighted by molar-refractivity contribution is 0.261. The molecule has 2 N–H and O–H groups in total. The first-order valence-electron chi connectivity index (χ1n) is 5.04. The average molecular weight is 278 g/mol. The summed E-state index contributed by atoms with van der Waals surface area (Å²) in [5, 5.41) is 18.7. The third-order valence-corrected chi connectivity index (χ3v) is 2.75. The molecule has 0 saturated carbocycles. The van der Waals surface area contributed by atoms with Crippen LogP contribution in [0.5, 0.6) is 5.75 Å². The zero-order chi connectivity index (χ0) is 13.0. The minimum atomic E-state index is -1.64. The third-order valence-electron chi connectivity index (χ3n) is 2.13. The van der Waals surface area contributed by atoms with E-state index in [-0.39, 0.29) is 10.5 Å². The Kier molecular flexibility index (Phi) is 5.56. The minimum Gasteiger partial charge on any atom is -0.491 e. The number of halogens is 2. The van der Waals surface area contributed by atoms with Crippen LogP contribution >= 0.6 is 23.2 Å². The topological polar surface area (TPSA) is 52.9 Å². The predicted octanol–water partition coefficient (Wildman–Crippen LogP) is 0.614. The van der Waals surface area contributed by atoms with Gasteiger partial charge in [-0.2, -0.15) is 0 Å². The molecule has 94 valence electrons. The maximum absolute atomic E-state index is 9.10. The molecular formula is C10H14BCl2NO3. The van der Waals surface area contributed by atoms with Gasteiger partial charge in [-0.05, 0) is 26.2 Å². The van der Waals surface area contributed by atoms with Crippen molar-refractivity contribution < 1.29 is 14.8 Å². The maximum Gasteiger partial charge on any atom is 0.490 e. The van der Waals surface area contributed by atoms with Crippen LogP contribution in [0.15, 0.2) is 12.1 Å². The van der Waals surface area contributed by atoms with Crippen molar-refractivity contribution in [3.63, 3.8) is 0 Å². The first-order chi connectivity index (χ1) is 7.91. The number of likely N-dealkylation sites (N-methyl/N-ethyl adjacent to an activating group) is 1. The van der Waals surface area contributed by atoms with Crippen LogP contribution in [0.25, 0.3) is 0 Å². The molecule has 0 spiro atoms. The van der Waals surface area contributed by atoms with Crippen LogP contribution in [0.2, 0.25) is 10.0 Å². The van der Waals surface area contributed by atoms with Crippen molar-refractivity contribution in [1.29, 1.82) is 0 Å². The summed E-state index contributed by atoms with van der Waals surface area (Å²) in [6.07, 6.45) is 0. The molecule has 7 heteroatoms. The summed E-state index contributed by atoms with van der Waals surface area (Å²) in [7, 11) is 2.21. The molecule has 0 fully saturated rings. The van der Waals surface area contributed by atoms with E-state index in [9.17, 15) is 0 Å². The molecule has 0 heterocycles. The molecule has 0 amide bonds. The van der Waals surface area contributed by atoms with Gasteiger partial charge in [-0.25, -0.2) is 0 Å². The fraction of sp³-hybridized carbons (Fsp3) is 0.400. The molecule has 1 rings (SSSR count). The van der Waals surface area contributed by atoms with Crippen molar-refractivity contribution in [3.05, 3.63) is 22.2 Å². The molecule has 0 aliphatic heterocycles. The Morgan fingerprint density at radius 1 is 1.24 bits per heavy atom. The van der Waals surface area contributed by atoms with Gasteiger partial charge in [-0.1, -0.05) is 23.2 Å². The van der Waals surface area contributed by atoms with Crippen molar-refractivity contribution in [2.45, 2.75) is 0 Å². The number of hydrogen-bond acceptors (Lipinski definition) is 4. The molecule has 0 aliphatic carbocycles. The zero-order valence-electron chi connectivity index (χ0n) is 9.65. The Balaban J connectivity index is 2.81. The van der Waals surface area contributed by atoms with E-state index < -0.39 is 7.12 Å². The van der Waals surface area contributed by atoms with Crippen LogP contribution in [-0.2, 0) is 0 Å². The molecule has 0 aromatic heterocycles. The lowest BCUT2D eigenvalue weighted by Gasteiger charge is -2.13. The van der Waals surface area contributed by atoms with Crippen LogP contribution in [-0.4, -0.2) is 49.3 Å². The van der Waals surface area contributed by atoms with Crippen molar-refractivity contribution >= 4 is 35.8 Å². The number of ether oxygens (including phenoxy) is 1. The Labute approximate surface area is 111 Å². The molecule has 0 saturated heterocycles. The smallest absolute Gasteiger partial charge is 0.490 e. The van der Waals surface area contributed by atoms with E-state index >= 15 is 0 Å². The van der Waals surface area contributed by atoms with Gasteiger partial charge in [0.2, 0.25) is 0 Å². The number of nitrogens with zero attached hydrogens (tertiary/aromatic N) is 1. The lowest BCUT2D eigenvalue weighted by atomic mass is 9.80. The molecule has 0 radical (unpaired) electrons. The molecule has 0 atom stereocenters. The van der Waals surface area contributed by atoms with Gasteiger partial charge in [-0.15, -0.1) is 0 Å². The fourth-order valence-corrected chi connectivity index (χ4v) is 1.73. The van der Waals surface area contributed by atoms with Crippen LogP contribution in [0.4, 0.5) is 0 Å². The van der Waals surface area contributed by atoms with Crippen LogP contribution in [0.3, 0.4) is 0 Å². The largest absolute Gasteiger partial charge is 0.491 e. The van der Waals surface area contributed by atoms with Crippen LogP contribution < -0.4 is 10.2 Å². The minimum absolute atomic E-state index is 0.177. The van der Waals surface area contributed by atoms with Gasteiger partial charge in [0.15, 0.2) is 0 Å². The van der Waals surface area contributed by atoms with E-state index in [0.717, 1.165) is 6.54 Å². The zero-order valence-corrected chi connectivity index (χ0v) is 11.2. The molecule has 0 unspecified atom stereocenters. The van der Waals surface area contributed by atoms with E-state index in [2.05, 4.69) is 0 Å². The number of benzene rings is 1. The average Bonchev–Trinajstić information content (AvgIpc) is 2.20. The van der Waals surface area contributed by atoms with E-state index in [0.29, 0.717) is 17.4 Å². The highest BCUT2D eigenvalue weighted by molar-refractivity contribution is 6.63. The third kappa shape index (κ3) is 4.37. The molecule has 17 heavy (non-hydrogen) atoms. The second kappa shape index (κ2) is 6.47. The normalized spacial score (nSPS) is 10.8. The van der Waals surface area contributed by atoms with E-state index in [1.54, 1.807) is 0 Å². The molecule has 0 aliphatic rings. The van der Waals surface area contributed by atoms with Crippen molar-refractivity contribution in [2.75, 3.05) is 27.2 Å². The summed E-state index contributed by atoms with van der Waals surface area (Å²) < 4.78 is 5.44. The van der Waals surface area contributed by atoms with Crippen molar-refractivity contribution in [1.82, 2.24) is 4.90 Å². The van der Waals surface area contributed by atoms with Crippen LogP contribution in [0.1, 0.15) is 0 Å². The van der Waals surface area contributed by atoms with Gasteiger partial charge in [0.25, 0.3) is 0 Å². The monoisotopic (exact) mass is 277 g/mol. The van der Waals surface area contributed by atoms with Gasteiger partial charge in [-0.3, -0.25) is 0 Å². The summed E-state index contributed by atoms with van der Waals surface area (Å²) >= 11 is 11.7. The maximum atomic E-state index is 9.10. The highest BCUT2D eigenvalue weighted by atomic mass is 35.5. The van der Waals surface area contributed by atoms with Gasteiger partial charge < -0.3 is 19.7 Å². The number of hydrogen-bond donors (Lipinski definition) is 2. The second-order valence-electron chi connectivity index (χ2n) is 3.83. The van der Waals surface area contributed by atoms with E-state index in [1.165, 1.54) is 12.1 Å². The Hall–Kier alpha value is -0.455. The summed E-state index contributed by atoms with van der Waals surface area (Å²) in [5.41, 5.74) is 0.177. The molecule has 4 nitrogen and oxygen atoms in total. The molecular weight excluding hydrogens is 264 g/mol. The van der Waals surface area contributed by atoms with Crippen molar-refractivity contribution in [2.24, 2.45) is 0 Å². The first kappa shape index (κ1) is 14.6. The van der Waals surface area contributed by atoms with Crippen LogP contribution in [0, 0.1) is 0 Å². The standard InChI is InChI=1S/C10H14BCl2NO3/c1-14(2)3-4-17-10-5-7(11(15)16)8(12)6-9(10)13/h5-6,15-16H,3-4H2,1-2H3. The lowest BCUT2D eigenvalue weighted by Crippen LogP contribution is -2.31. The SMILES string of the molecule is CN(C)CCOc1cc(B(O)O)c(Cl)cc1Cl. The van der Waals surface area contributed by atoms with Gasteiger partial charge in [0, 0.05) is 17.0 Å². The highest BCUT2D eigenvalue weighted by Crippen LogP contribution is 2.26. The van der Waals surface area contributed by atoms with E-state index in [1.807, 2.05) is 19.0 Å². The Bertz CT molecular complexity index is 388. The summed E-state index contributed by atoms with van der Waals surface area (Å²) in [5.74, 6) is 0.390. The quantitative estimate of drug-likeness (QED) is 0.775. The summed E-state index contributed by atoms with van der Waals surface area (Å²) in [6.45, 7) is 1.19. The van der Waals surface area contributed by atoms with Crippen molar-refractivity contribution in [3.8, 4) is 5.75 Å². The number of rotatable bonds is 5. The fourth-order valence-electron chi connectivity index (χ4n) is 1.19.